The van der Waals surface area contributed by atoms with Gasteiger partial charge < -0.3 is 24.6 Å². The second-order valence-corrected chi connectivity index (χ2v) is 8.25. The van der Waals surface area contributed by atoms with Crippen LogP contribution in [-0.4, -0.2) is 54.1 Å². The van der Waals surface area contributed by atoms with Crippen LogP contribution in [0.1, 0.15) is 30.9 Å². The van der Waals surface area contributed by atoms with E-state index in [1.54, 1.807) is 18.2 Å². The number of piperidine rings is 1. The molecular formula is C23H25N3O4. The number of ether oxygens (including phenoxy) is 2. The van der Waals surface area contributed by atoms with Gasteiger partial charge in [-0.25, -0.2) is 0 Å². The number of likely N-dealkylation sites (tertiary alicyclic amines) is 2. The van der Waals surface area contributed by atoms with E-state index in [4.69, 9.17) is 9.47 Å². The molecule has 2 fully saturated rings. The molecule has 1 atom stereocenters. The summed E-state index contributed by atoms with van der Waals surface area (Å²) in [5.74, 6) is 1.19. The molecule has 0 spiro atoms. The Labute approximate surface area is 175 Å². The van der Waals surface area contributed by atoms with E-state index in [1.165, 1.54) is 0 Å². The third-order valence-electron chi connectivity index (χ3n) is 6.46. The molecule has 156 valence electrons. The predicted molar refractivity (Wildman–Crippen MR) is 111 cm³/mol. The zero-order chi connectivity index (χ0) is 20.7. The fraction of sp³-hybridized carbons (Fsp3) is 0.391. The summed E-state index contributed by atoms with van der Waals surface area (Å²) in [6.07, 6.45) is 1.66. The van der Waals surface area contributed by atoms with Gasteiger partial charge in [-0.1, -0.05) is 30.3 Å². The Bertz CT molecular complexity index is 970. The number of amides is 2. The van der Waals surface area contributed by atoms with Crippen LogP contribution in [0.15, 0.2) is 48.5 Å². The van der Waals surface area contributed by atoms with Crippen molar-refractivity contribution in [1.29, 1.82) is 0 Å². The first-order valence-corrected chi connectivity index (χ1v) is 10.3. The molecule has 1 unspecified atom stereocenters. The highest BCUT2D eigenvalue weighted by molar-refractivity contribution is 6.02. The molecule has 2 aromatic rings. The van der Waals surface area contributed by atoms with Crippen LogP contribution in [0.3, 0.4) is 0 Å². The van der Waals surface area contributed by atoms with Crippen LogP contribution in [0, 0.1) is 0 Å². The average molecular weight is 407 g/mol. The van der Waals surface area contributed by atoms with Gasteiger partial charge in [0.05, 0.1) is 12.5 Å². The summed E-state index contributed by atoms with van der Waals surface area (Å²) in [4.78, 5) is 30.5. The number of hydrogen-bond donors (Lipinski definition) is 1. The smallest absolute Gasteiger partial charge is 0.250 e. The number of anilines is 1. The lowest BCUT2D eigenvalue weighted by Gasteiger charge is -2.54. The van der Waals surface area contributed by atoms with Crippen LogP contribution in [0.2, 0.25) is 0 Å². The summed E-state index contributed by atoms with van der Waals surface area (Å²) >= 11 is 0. The minimum atomic E-state index is -0.862. The Balaban J connectivity index is 1.45. The number of benzene rings is 2. The van der Waals surface area contributed by atoms with Gasteiger partial charge in [-0.2, -0.15) is 0 Å². The number of nitrogens with one attached hydrogen (secondary N) is 1. The Morgan fingerprint density at radius 1 is 1.07 bits per heavy atom. The van der Waals surface area contributed by atoms with Crippen molar-refractivity contribution in [1.82, 2.24) is 9.80 Å². The summed E-state index contributed by atoms with van der Waals surface area (Å²) in [5, 5.41) is 3.05. The molecule has 3 aliphatic rings. The molecule has 0 radical (unpaired) electrons. The first-order chi connectivity index (χ1) is 14.6. The molecule has 7 heteroatoms. The molecule has 2 saturated heterocycles. The van der Waals surface area contributed by atoms with Crippen molar-refractivity contribution < 1.29 is 19.1 Å². The first kappa shape index (κ1) is 18.9. The summed E-state index contributed by atoms with van der Waals surface area (Å²) in [7, 11) is 2.05. The molecule has 1 N–H and O–H groups in total. The Hall–Kier alpha value is -3.06. The van der Waals surface area contributed by atoms with E-state index in [0.29, 0.717) is 36.4 Å². The van der Waals surface area contributed by atoms with E-state index in [9.17, 15) is 9.59 Å². The van der Waals surface area contributed by atoms with Crippen molar-refractivity contribution in [3.63, 3.8) is 0 Å². The minimum Gasteiger partial charge on any atom is -0.454 e. The molecule has 0 bridgehead atoms. The van der Waals surface area contributed by atoms with Crippen LogP contribution in [0.25, 0.3) is 0 Å². The molecule has 0 saturated carbocycles. The van der Waals surface area contributed by atoms with Gasteiger partial charge in [-0.05, 0) is 37.6 Å². The van der Waals surface area contributed by atoms with Gasteiger partial charge in [0.25, 0.3) is 0 Å². The lowest BCUT2D eigenvalue weighted by atomic mass is 9.78. The van der Waals surface area contributed by atoms with Gasteiger partial charge in [0.1, 0.15) is 5.54 Å². The highest BCUT2D eigenvalue weighted by atomic mass is 16.7. The van der Waals surface area contributed by atoms with E-state index in [1.807, 2.05) is 42.3 Å². The fourth-order valence-corrected chi connectivity index (χ4v) is 4.68. The predicted octanol–water partition coefficient (Wildman–Crippen LogP) is 2.79. The number of nitrogens with zero attached hydrogens (tertiary/aromatic N) is 2. The second kappa shape index (κ2) is 7.32. The van der Waals surface area contributed by atoms with Crippen molar-refractivity contribution in [3.05, 3.63) is 54.1 Å². The topological polar surface area (TPSA) is 71.1 Å². The number of carbonyl (C=O) groups excluding carboxylic acids is 2. The molecule has 7 nitrogen and oxygen atoms in total. The zero-order valence-corrected chi connectivity index (χ0v) is 17.0. The van der Waals surface area contributed by atoms with Gasteiger partial charge in [0.15, 0.2) is 11.5 Å². The average Bonchev–Trinajstić information content (AvgIpc) is 3.22. The Morgan fingerprint density at radius 2 is 1.80 bits per heavy atom. The number of carbonyl (C=O) groups is 2. The lowest BCUT2D eigenvalue weighted by Crippen LogP contribution is -2.68. The van der Waals surface area contributed by atoms with Crippen molar-refractivity contribution in [2.45, 2.75) is 30.8 Å². The van der Waals surface area contributed by atoms with Crippen LogP contribution in [0.5, 0.6) is 11.5 Å². The van der Waals surface area contributed by atoms with Crippen LogP contribution < -0.4 is 14.8 Å². The number of fused-ring (bicyclic) bond motifs is 1. The summed E-state index contributed by atoms with van der Waals surface area (Å²) in [6.45, 7) is 1.71. The van der Waals surface area contributed by atoms with Gasteiger partial charge in [0, 0.05) is 24.8 Å². The maximum absolute atomic E-state index is 13.7. The van der Waals surface area contributed by atoms with Crippen molar-refractivity contribution in [3.8, 4) is 11.5 Å². The van der Waals surface area contributed by atoms with E-state index < -0.39 is 5.54 Å². The Kier molecular flexibility index (Phi) is 4.62. The van der Waals surface area contributed by atoms with Crippen molar-refractivity contribution in [2.75, 3.05) is 32.2 Å². The van der Waals surface area contributed by atoms with Gasteiger partial charge in [-0.3, -0.25) is 9.59 Å². The molecule has 30 heavy (non-hydrogen) atoms. The minimum absolute atomic E-state index is 0.0363. The van der Waals surface area contributed by atoms with E-state index in [0.717, 1.165) is 18.7 Å². The fourth-order valence-electron chi connectivity index (χ4n) is 4.68. The number of hydrogen-bond acceptors (Lipinski definition) is 5. The van der Waals surface area contributed by atoms with E-state index in [2.05, 4.69) is 10.2 Å². The quantitative estimate of drug-likeness (QED) is 0.790. The van der Waals surface area contributed by atoms with Gasteiger partial charge >= 0.3 is 0 Å². The molecular weight excluding hydrogens is 382 g/mol. The number of β-lactam (4-membered cyclic amide) rings is 1. The SMILES string of the molecule is CN1CCC(C(=O)Nc2ccc3c(c2)OCO3)(N2C(=O)CC2c2ccccc2)CC1. The van der Waals surface area contributed by atoms with Crippen molar-refractivity contribution in [2.24, 2.45) is 0 Å². The third kappa shape index (κ3) is 3.10. The first-order valence-electron chi connectivity index (χ1n) is 10.3. The zero-order valence-electron chi connectivity index (χ0n) is 17.0. The summed E-state index contributed by atoms with van der Waals surface area (Å²) in [6, 6.07) is 15.3. The van der Waals surface area contributed by atoms with E-state index in [-0.39, 0.29) is 24.6 Å². The van der Waals surface area contributed by atoms with Gasteiger partial charge in [-0.15, -0.1) is 0 Å². The maximum atomic E-state index is 13.7. The molecule has 0 aliphatic carbocycles. The molecule has 3 heterocycles. The summed E-state index contributed by atoms with van der Waals surface area (Å²) < 4.78 is 10.8. The highest BCUT2D eigenvalue weighted by Crippen LogP contribution is 2.45. The van der Waals surface area contributed by atoms with E-state index >= 15 is 0 Å². The van der Waals surface area contributed by atoms with Gasteiger partial charge in [0.2, 0.25) is 18.6 Å². The monoisotopic (exact) mass is 407 g/mol. The maximum Gasteiger partial charge on any atom is 0.250 e. The largest absolute Gasteiger partial charge is 0.454 e. The Morgan fingerprint density at radius 3 is 2.53 bits per heavy atom. The molecule has 2 aromatic carbocycles. The number of rotatable bonds is 4. The highest BCUT2D eigenvalue weighted by Gasteiger charge is 2.55. The van der Waals surface area contributed by atoms with Crippen LogP contribution in [0.4, 0.5) is 5.69 Å². The second-order valence-electron chi connectivity index (χ2n) is 8.25. The molecule has 3 aliphatic heterocycles. The third-order valence-corrected chi connectivity index (χ3v) is 6.46. The van der Waals surface area contributed by atoms with Crippen molar-refractivity contribution >= 4 is 17.5 Å². The molecule has 0 aromatic heterocycles. The normalized spacial score (nSPS) is 22.5. The van der Waals surface area contributed by atoms with Crippen LogP contribution in [-0.2, 0) is 9.59 Å². The summed E-state index contributed by atoms with van der Waals surface area (Å²) in [5.41, 5.74) is 0.858. The van der Waals surface area contributed by atoms with Crippen LogP contribution >= 0.6 is 0 Å². The molecule has 2 amide bonds. The standard InChI is InChI=1S/C23H25N3O4/c1-25-11-9-23(10-12-25,26-18(14-21(26)27)16-5-3-2-4-6-16)22(28)24-17-7-8-19-20(13-17)30-15-29-19/h2-8,13,18H,9-12,14-15H2,1H3,(H,24,28). The molecule has 5 rings (SSSR count). The lowest BCUT2D eigenvalue weighted by molar-refractivity contribution is -0.167.